The second-order valence-electron chi connectivity index (χ2n) is 5.74. The number of aldehydes is 1. The van der Waals surface area contributed by atoms with Gasteiger partial charge in [-0.25, -0.2) is 0 Å². The monoisotopic (exact) mass is 291 g/mol. The summed E-state index contributed by atoms with van der Waals surface area (Å²) < 4.78 is 0. The molecule has 0 aromatic heterocycles. The fraction of sp³-hybridized carbons (Fsp3) is 0.611. The van der Waals surface area contributed by atoms with Crippen LogP contribution in [0.5, 0.6) is 0 Å². The Morgan fingerprint density at radius 1 is 1.00 bits per heavy atom. The highest BCUT2D eigenvalue weighted by Gasteiger charge is 2.05. The predicted octanol–water partition coefficient (Wildman–Crippen LogP) is 4.07. The van der Waals surface area contributed by atoms with Crippen LogP contribution in [0.4, 0.5) is 0 Å². The number of hydrogen-bond acceptors (Lipinski definition) is 3. The summed E-state index contributed by atoms with van der Waals surface area (Å²) in [4.78, 5) is 10.6. The van der Waals surface area contributed by atoms with E-state index < -0.39 is 6.04 Å². The van der Waals surface area contributed by atoms with Crippen molar-refractivity contribution in [2.24, 2.45) is 0 Å². The van der Waals surface area contributed by atoms with Crippen LogP contribution in [0.25, 0.3) is 0 Å². The van der Waals surface area contributed by atoms with E-state index in [1.54, 1.807) is 0 Å². The van der Waals surface area contributed by atoms with Gasteiger partial charge < -0.3 is 10.0 Å². The molecule has 0 bridgehead atoms. The summed E-state index contributed by atoms with van der Waals surface area (Å²) >= 11 is 0. The van der Waals surface area contributed by atoms with Gasteiger partial charge in [0.25, 0.3) is 0 Å². The lowest BCUT2D eigenvalue weighted by atomic mass is 10.0. The van der Waals surface area contributed by atoms with Crippen LogP contribution in [-0.2, 0) is 17.6 Å². The van der Waals surface area contributed by atoms with Crippen molar-refractivity contribution in [1.82, 2.24) is 5.48 Å². The molecule has 3 heteroatoms. The van der Waals surface area contributed by atoms with Gasteiger partial charge in [-0.1, -0.05) is 63.3 Å². The highest BCUT2D eigenvalue weighted by Crippen LogP contribution is 2.12. The number of rotatable bonds is 12. The Hall–Kier alpha value is -1.19. The van der Waals surface area contributed by atoms with Crippen molar-refractivity contribution in [3.05, 3.63) is 35.4 Å². The minimum Gasteiger partial charge on any atom is -0.316 e. The zero-order valence-corrected chi connectivity index (χ0v) is 13.2. The summed E-state index contributed by atoms with van der Waals surface area (Å²) in [5.74, 6) is 0. The fourth-order valence-electron chi connectivity index (χ4n) is 2.47. The summed E-state index contributed by atoms with van der Waals surface area (Å²) in [6.07, 6.45) is 11.3. The zero-order valence-electron chi connectivity index (χ0n) is 13.2. The van der Waals surface area contributed by atoms with Crippen molar-refractivity contribution >= 4 is 6.29 Å². The second-order valence-corrected chi connectivity index (χ2v) is 5.74. The summed E-state index contributed by atoms with van der Waals surface area (Å²) in [7, 11) is 0. The van der Waals surface area contributed by atoms with Crippen LogP contribution < -0.4 is 5.48 Å². The number of carbonyl (C=O) groups excluding carboxylic acids is 1. The molecule has 0 spiro atoms. The lowest BCUT2D eigenvalue weighted by molar-refractivity contribution is -0.111. The molecular weight excluding hydrogens is 262 g/mol. The van der Waals surface area contributed by atoms with Crippen LogP contribution in [0, 0.1) is 0 Å². The average Bonchev–Trinajstić information content (AvgIpc) is 2.53. The lowest BCUT2D eigenvalue weighted by Gasteiger charge is -2.08. The third-order valence-corrected chi connectivity index (χ3v) is 3.92. The topological polar surface area (TPSA) is 49.3 Å². The Balaban J connectivity index is 2.22. The first-order chi connectivity index (χ1) is 10.3. The van der Waals surface area contributed by atoms with Gasteiger partial charge in [-0.2, -0.15) is 5.48 Å². The maximum absolute atomic E-state index is 10.6. The molecule has 0 radical (unpaired) electrons. The van der Waals surface area contributed by atoms with E-state index in [1.807, 2.05) is 5.48 Å². The molecule has 0 saturated heterocycles. The number of nitrogens with one attached hydrogen (secondary N) is 1. The van der Waals surface area contributed by atoms with Crippen LogP contribution in [0.2, 0.25) is 0 Å². The Kier molecular flexibility index (Phi) is 9.75. The molecule has 0 heterocycles. The van der Waals surface area contributed by atoms with Crippen molar-refractivity contribution in [2.45, 2.75) is 70.8 Å². The van der Waals surface area contributed by atoms with Gasteiger partial charge in [0.15, 0.2) is 0 Å². The van der Waals surface area contributed by atoms with Crippen molar-refractivity contribution in [3.63, 3.8) is 0 Å². The number of hydroxylamine groups is 1. The Morgan fingerprint density at radius 2 is 1.57 bits per heavy atom. The fourth-order valence-corrected chi connectivity index (χ4v) is 2.47. The third kappa shape index (κ3) is 7.98. The molecule has 0 aliphatic rings. The van der Waals surface area contributed by atoms with Crippen molar-refractivity contribution < 1.29 is 10.0 Å². The van der Waals surface area contributed by atoms with Crippen LogP contribution in [0.3, 0.4) is 0 Å². The lowest BCUT2D eigenvalue weighted by Crippen LogP contribution is -2.27. The van der Waals surface area contributed by atoms with E-state index in [1.165, 1.54) is 49.7 Å². The molecule has 2 N–H and O–H groups in total. The van der Waals surface area contributed by atoms with Crippen molar-refractivity contribution in [3.8, 4) is 0 Å². The predicted molar refractivity (Wildman–Crippen MR) is 86.6 cm³/mol. The van der Waals surface area contributed by atoms with Gasteiger partial charge in [-0.05, 0) is 36.8 Å². The largest absolute Gasteiger partial charge is 0.316 e. The minimum absolute atomic E-state index is 0.465. The SMILES string of the molecule is CCCCCCCCc1ccc(CCC(C=O)NO)cc1. The van der Waals surface area contributed by atoms with E-state index in [4.69, 9.17) is 5.21 Å². The Bertz CT molecular complexity index is 375. The molecule has 0 saturated carbocycles. The zero-order chi connectivity index (χ0) is 15.3. The van der Waals surface area contributed by atoms with Crippen molar-refractivity contribution in [1.29, 1.82) is 0 Å². The van der Waals surface area contributed by atoms with Gasteiger partial charge in [-0.15, -0.1) is 0 Å². The highest BCUT2D eigenvalue weighted by atomic mass is 16.5. The first-order valence-corrected chi connectivity index (χ1v) is 8.23. The molecule has 1 unspecified atom stereocenters. The van der Waals surface area contributed by atoms with E-state index in [9.17, 15) is 4.79 Å². The summed E-state index contributed by atoms with van der Waals surface area (Å²) in [6, 6.07) is 8.16. The maximum atomic E-state index is 10.6. The number of unbranched alkanes of at least 4 members (excludes halogenated alkanes) is 5. The van der Waals surface area contributed by atoms with Gasteiger partial charge in [-0.3, -0.25) is 0 Å². The first kappa shape index (κ1) is 17.9. The van der Waals surface area contributed by atoms with E-state index >= 15 is 0 Å². The first-order valence-electron chi connectivity index (χ1n) is 8.23. The number of hydrogen-bond donors (Lipinski definition) is 2. The number of benzene rings is 1. The molecule has 1 aromatic rings. The van der Waals surface area contributed by atoms with Gasteiger partial charge in [0, 0.05) is 0 Å². The van der Waals surface area contributed by atoms with Crippen LogP contribution in [-0.4, -0.2) is 17.5 Å². The summed E-state index contributed by atoms with van der Waals surface area (Å²) in [5, 5.41) is 8.74. The molecule has 0 amide bonds. The summed E-state index contributed by atoms with van der Waals surface area (Å²) in [5.41, 5.74) is 4.62. The van der Waals surface area contributed by atoms with Gasteiger partial charge in [0.2, 0.25) is 0 Å². The van der Waals surface area contributed by atoms with Gasteiger partial charge in [0.1, 0.15) is 6.29 Å². The van der Waals surface area contributed by atoms with Crippen LogP contribution in [0.15, 0.2) is 24.3 Å². The number of carbonyl (C=O) groups is 1. The van der Waals surface area contributed by atoms with Crippen LogP contribution in [0.1, 0.15) is 63.0 Å². The molecular formula is C18H29NO2. The van der Waals surface area contributed by atoms with Crippen LogP contribution >= 0.6 is 0 Å². The molecule has 1 aromatic carbocycles. The molecule has 1 rings (SSSR count). The maximum Gasteiger partial charge on any atom is 0.139 e. The highest BCUT2D eigenvalue weighted by molar-refractivity contribution is 5.57. The average molecular weight is 291 g/mol. The molecule has 21 heavy (non-hydrogen) atoms. The van der Waals surface area contributed by atoms with E-state index in [0.717, 1.165) is 19.1 Å². The summed E-state index contributed by atoms with van der Waals surface area (Å²) in [6.45, 7) is 2.25. The quantitative estimate of drug-likeness (QED) is 0.347. The molecule has 1 atom stereocenters. The Morgan fingerprint density at radius 3 is 2.14 bits per heavy atom. The molecule has 0 fully saturated rings. The molecule has 0 aliphatic heterocycles. The van der Waals surface area contributed by atoms with E-state index in [2.05, 4.69) is 31.2 Å². The Labute approximate surface area is 128 Å². The number of aryl methyl sites for hydroxylation is 2. The standard InChI is InChI=1S/C18H29NO2/c1-2-3-4-5-6-7-8-16-9-11-17(12-10-16)13-14-18(15-20)19-21/h9-12,15,18-19,21H,2-8,13-14H2,1H3. The van der Waals surface area contributed by atoms with E-state index in [-0.39, 0.29) is 0 Å². The van der Waals surface area contributed by atoms with Gasteiger partial charge in [0.05, 0.1) is 6.04 Å². The minimum atomic E-state index is -0.465. The smallest absolute Gasteiger partial charge is 0.139 e. The molecule has 0 aliphatic carbocycles. The third-order valence-electron chi connectivity index (χ3n) is 3.92. The second kappa shape index (κ2) is 11.5. The van der Waals surface area contributed by atoms with Crippen molar-refractivity contribution in [2.75, 3.05) is 0 Å². The molecule has 118 valence electrons. The molecule has 3 nitrogen and oxygen atoms in total. The van der Waals surface area contributed by atoms with Gasteiger partial charge >= 0.3 is 0 Å². The normalized spacial score (nSPS) is 12.3. The van der Waals surface area contributed by atoms with E-state index in [0.29, 0.717) is 6.42 Å².